The van der Waals surface area contributed by atoms with Crippen LogP contribution in [-0.4, -0.2) is 41.9 Å². The molecule has 0 aromatic heterocycles. The Labute approximate surface area is 177 Å². The van der Waals surface area contributed by atoms with Gasteiger partial charge in [0.2, 0.25) is 11.8 Å². The summed E-state index contributed by atoms with van der Waals surface area (Å²) in [4.78, 5) is 39.1. The molecule has 1 aromatic rings. The Kier molecular flexibility index (Phi) is 7.26. The summed E-state index contributed by atoms with van der Waals surface area (Å²) < 4.78 is 5.48. The van der Waals surface area contributed by atoms with Gasteiger partial charge in [0.05, 0.1) is 0 Å². The monoisotopic (exact) mass is 413 g/mol. The highest BCUT2D eigenvalue weighted by molar-refractivity contribution is 6.04. The van der Waals surface area contributed by atoms with E-state index in [0.717, 1.165) is 24.8 Å². The summed E-state index contributed by atoms with van der Waals surface area (Å²) >= 11 is 0. The van der Waals surface area contributed by atoms with Gasteiger partial charge in [-0.05, 0) is 37.3 Å². The summed E-state index contributed by atoms with van der Waals surface area (Å²) in [5, 5.41) is 5.59. The van der Waals surface area contributed by atoms with E-state index in [1.165, 1.54) is 0 Å². The number of piperidine rings is 1. The van der Waals surface area contributed by atoms with Gasteiger partial charge in [-0.25, -0.2) is 0 Å². The number of anilines is 1. The standard InChI is InChI=1S/C23H31N3O4/c1-15(2)7-4-5-12-30-14-21(27)25-19-9-6-8-17-18(19)13-26(23(17)29)20-11-10-16(3)24-22(20)28/h6,8-9,15,20H,3-5,7,10-14H2,1-2H3,(H,24,28)(H,25,27). The van der Waals surface area contributed by atoms with E-state index in [1.54, 1.807) is 23.1 Å². The third-order valence-corrected chi connectivity index (χ3v) is 5.52. The maximum atomic E-state index is 12.9. The fraction of sp³-hybridized carbons (Fsp3) is 0.522. The molecule has 7 nitrogen and oxygen atoms in total. The lowest BCUT2D eigenvalue weighted by Crippen LogP contribution is -2.49. The molecule has 1 saturated heterocycles. The molecule has 7 heteroatoms. The van der Waals surface area contributed by atoms with Gasteiger partial charge in [-0.1, -0.05) is 39.3 Å². The van der Waals surface area contributed by atoms with E-state index >= 15 is 0 Å². The highest BCUT2D eigenvalue weighted by Crippen LogP contribution is 2.32. The summed E-state index contributed by atoms with van der Waals surface area (Å²) in [5.74, 6) is 0.0400. The normalized spacial score (nSPS) is 18.6. The maximum Gasteiger partial charge on any atom is 0.255 e. The van der Waals surface area contributed by atoms with Crippen LogP contribution in [0.2, 0.25) is 0 Å². The minimum absolute atomic E-state index is 0.0177. The summed E-state index contributed by atoms with van der Waals surface area (Å²) in [6, 6.07) is 4.73. The molecule has 0 aliphatic carbocycles. The minimum atomic E-state index is -0.520. The van der Waals surface area contributed by atoms with Crippen molar-refractivity contribution in [3.8, 4) is 0 Å². The first kappa shape index (κ1) is 22.0. The number of carbonyl (C=O) groups is 3. The predicted octanol–water partition coefficient (Wildman–Crippen LogP) is 3.22. The van der Waals surface area contributed by atoms with Crippen molar-refractivity contribution >= 4 is 23.4 Å². The van der Waals surface area contributed by atoms with Crippen molar-refractivity contribution in [2.24, 2.45) is 5.92 Å². The van der Waals surface area contributed by atoms with Gasteiger partial charge in [0.1, 0.15) is 12.6 Å². The molecule has 1 fully saturated rings. The Morgan fingerprint density at radius 3 is 2.87 bits per heavy atom. The van der Waals surface area contributed by atoms with Crippen molar-refractivity contribution in [2.75, 3.05) is 18.5 Å². The Hall–Kier alpha value is -2.67. The molecule has 2 N–H and O–H groups in total. The number of rotatable bonds is 9. The second-order valence-electron chi connectivity index (χ2n) is 8.40. The van der Waals surface area contributed by atoms with E-state index < -0.39 is 6.04 Å². The highest BCUT2D eigenvalue weighted by Gasteiger charge is 2.39. The minimum Gasteiger partial charge on any atom is -0.372 e. The second kappa shape index (κ2) is 9.89. The van der Waals surface area contributed by atoms with Crippen molar-refractivity contribution in [1.29, 1.82) is 0 Å². The quantitative estimate of drug-likeness (QED) is 0.609. The first-order valence-electron chi connectivity index (χ1n) is 10.7. The number of nitrogens with one attached hydrogen (secondary N) is 2. The zero-order valence-corrected chi connectivity index (χ0v) is 17.8. The van der Waals surface area contributed by atoms with E-state index in [1.807, 2.05) is 0 Å². The van der Waals surface area contributed by atoms with Gasteiger partial charge >= 0.3 is 0 Å². The molecule has 2 heterocycles. The lowest BCUT2D eigenvalue weighted by atomic mass is 10.0. The molecule has 0 spiro atoms. The number of fused-ring (bicyclic) bond motifs is 1. The fourth-order valence-electron chi connectivity index (χ4n) is 3.89. The Morgan fingerprint density at radius 2 is 2.13 bits per heavy atom. The molecule has 162 valence electrons. The molecule has 1 aromatic carbocycles. The average molecular weight is 414 g/mol. The van der Waals surface area contributed by atoms with Crippen LogP contribution in [0, 0.1) is 5.92 Å². The van der Waals surface area contributed by atoms with E-state index in [9.17, 15) is 14.4 Å². The van der Waals surface area contributed by atoms with Gasteiger partial charge in [-0.15, -0.1) is 0 Å². The molecule has 1 atom stereocenters. The first-order chi connectivity index (χ1) is 14.4. The molecule has 1 unspecified atom stereocenters. The van der Waals surface area contributed by atoms with Crippen LogP contribution < -0.4 is 10.6 Å². The third kappa shape index (κ3) is 5.27. The summed E-state index contributed by atoms with van der Waals surface area (Å²) in [6.45, 7) is 9.00. The van der Waals surface area contributed by atoms with Gasteiger partial charge in [-0.3, -0.25) is 14.4 Å². The molecule has 2 aliphatic rings. The third-order valence-electron chi connectivity index (χ3n) is 5.52. The van der Waals surface area contributed by atoms with Gasteiger partial charge in [0, 0.05) is 35.7 Å². The van der Waals surface area contributed by atoms with Crippen LogP contribution in [0.1, 0.15) is 61.9 Å². The van der Waals surface area contributed by atoms with Crippen molar-refractivity contribution in [1.82, 2.24) is 10.2 Å². The number of ether oxygens (including phenoxy) is 1. The number of benzene rings is 1. The van der Waals surface area contributed by atoms with E-state index in [4.69, 9.17) is 4.74 Å². The largest absolute Gasteiger partial charge is 0.372 e. The van der Waals surface area contributed by atoms with Crippen LogP contribution in [0.4, 0.5) is 5.69 Å². The number of amides is 3. The number of hydrogen-bond donors (Lipinski definition) is 2. The zero-order chi connectivity index (χ0) is 21.7. The Morgan fingerprint density at radius 1 is 1.33 bits per heavy atom. The average Bonchev–Trinajstić information content (AvgIpc) is 3.02. The number of hydrogen-bond acceptors (Lipinski definition) is 4. The summed E-state index contributed by atoms with van der Waals surface area (Å²) in [6.07, 6.45) is 4.38. The molecule has 0 bridgehead atoms. The first-order valence-corrected chi connectivity index (χ1v) is 10.7. The van der Waals surface area contributed by atoms with Gasteiger partial charge in [0.25, 0.3) is 5.91 Å². The molecule has 2 aliphatic heterocycles. The Balaban J connectivity index is 1.56. The Bertz CT molecular complexity index is 834. The number of unbranched alkanes of at least 4 members (excludes halogenated alkanes) is 1. The molecule has 30 heavy (non-hydrogen) atoms. The van der Waals surface area contributed by atoms with Crippen LogP contribution in [0.25, 0.3) is 0 Å². The van der Waals surface area contributed by atoms with Gasteiger partial charge < -0.3 is 20.3 Å². The van der Waals surface area contributed by atoms with Gasteiger partial charge in [-0.2, -0.15) is 0 Å². The van der Waals surface area contributed by atoms with E-state index in [0.29, 0.717) is 48.9 Å². The SMILES string of the molecule is C=C1CCC(N2Cc3c(NC(=O)COCCCCC(C)C)cccc3C2=O)C(=O)N1. The molecule has 3 amide bonds. The zero-order valence-electron chi connectivity index (χ0n) is 17.8. The van der Waals surface area contributed by atoms with Crippen molar-refractivity contribution < 1.29 is 19.1 Å². The summed E-state index contributed by atoms with van der Waals surface area (Å²) in [5.41, 5.74) is 2.54. The molecule has 0 saturated carbocycles. The highest BCUT2D eigenvalue weighted by atomic mass is 16.5. The van der Waals surface area contributed by atoms with Crippen molar-refractivity contribution in [2.45, 2.75) is 58.5 Å². The van der Waals surface area contributed by atoms with Crippen molar-refractivity contribution in [3.63, 3.8) is 0 Å². The van der Waals surface area contributed by atoms with Gasteiger partial charge in [0.15, 0.2) is 0 Å². The number of allylic oxidation sites excluding steroid dienone is 1. The van der Waals surface area contributed by atoms with Crippen molar-refractivity contribution in [3.05, 3.63) is 41.6 Å². The number of nitrogens with zero attached hydrogens (tertiary/aromatic N) is 1. The van der Waals surface area contributed by atoms with E-state index in [2.05, 4.69) is 31.1 Å². The topological polar surface area (TPSA) is 87.7 Å². The molecular formula is C23H31N3O4. The second-order valence-corrected chi connectivity index (χ2v) is 8.40. The number of carbonyl (C=O) groups excluding carboxylic acids is 3. The van der Waals surface area contributed by atoms with Crippen LogP contribution in [-0.2, 0) is 20.9 Å². The lowest BCUT2D eigenvalue weighted by molar-refractivity contribution is -0.126. The molecule has 3 rings (SSSR count). The smallest absolute Gasteiger partial charge is 0.255 e. The molecule has 0 radical (unpaired) electrons. The van der Waals surface area contributed by atoms with Crippen LogP contribution in [0.15, 0.2) is 30.5 Å². The van der Waals surface area contributed by atoms with Crippen LogP contribution >= 0.6 is 0 Å². The van der Waals surface area contributed by atoms with Crippen LogP contribution in [0.3, 0.4) is 0 Å². The maximum absolute atomic E-state index is 12.9. The van der Waals surface area contributed by atoms with Crippen LogP contribution in [0.5, 0.6) is 0 Å². The predicted molar refractivity (Wildman–Crippen MR) is 115 cm³/mol. The van der Waals surface area contributed by atoms with E-state index in [-0.39, 0.29) is 24.3 Å². The molecular weight excluding hydrogens is 382 g/mol. The summed E-state index contributed by atoms with van der Waals surface area (Å²) in [7, 11) is 0. The fourth-order valence-corrected chi connectivity index (χ4v) is 3.89. The lowest BCUT2D eigenvalue weighted by Gasteiger charge is -2.31.